The Morgan fingerprint density at radius 2 is 1.92 bits per heavy atom. The first-order valence-electron chi connectivity index (χ1n) is 8.55. The largest absolute Gasteiger partial charge is 0.465 e. The summed E-state index contributed by atoms with van der Waals surface area (Å²) in [6.07, 6.45) is 5.75. The molecule has 0 unspecified atom stereocenters. The van der Waals surface area contributed by atoms with Crippen LogP contribution in [0.5, 0.6) is 0 Å². The van der Waals surface area contributed by atoms with Gasteiger partial charge in [-0.25, -0.2) is 0 Å². The molecule has 0 radical (unpaired) electrons. The Balaban J connectivity index is 1.27. The molecular weight excluding hydrogens is 336 g/mol. The zero-order chi connectivity index (χ0) is 17.2. The van der Waals surface area contributed by atoms with Crippen LogP contribution in [0.15, 0.2) is 46.4 Å². The van der Waals surface area contributed by atoms with E-state index in [1.54, 1.807) is 40.7 Å². The molecule has 130 valence electrons. The van der Waals surface area contributed by atoms with Crippen molar-refractivity contribution in [2.45, 2.75) is 12.3 Å². The number of nitrogens with zero attached hydrogens (tertiary/aromatic N) is 2. The predicted molar refractivity (Wildman–Crippen MR) is 96.1 cm³/mol. The normalized spacial score (nSPS) is 23.2. The number of amides is 2. The Bertz CT molecular complexity index is 759. The van der Waals surface area contributed by atoms with Crippen molar-refractivity contribution < 1.29 is 14.0 Å². The molecule has 0 N–H and O–H groups in total. The summed E-state index contributed by atoms with van der Waals surface area (Å²) in [7, 11) is 0. The second-order valence-corrected chi connectivity index (χ2v) is 7.44. The second-order valence-electron chi connectivity index (χ2n) is 6.46. The van der Waals surface area contributed by atoms with Crippen LogP contribution in [0.1, 0.15) is 23.0 Å². The first kappa shape index (κ1) is 16.1. The standard InChI is InChI=1S/C19H20N2O3S/c22-18(6-5-14-3-1-11-24-14)20-7-9-21(10-8-20)19(23)16-13-15(16)17-4-2-12-25-17/h1-6,11-12,15-16H,7-10,13H2/b6-5+/t15-,16-/m1/s1. The molecule has 2 atom stereocenters. The highest BCUT2D eigenvalue weighted by molar-refractivity contribution is 7.10. The van der Waals surface area contributed by atoms with Crippen molar-refractivity contribution in [3.05, 3.63) is 52.6 Å². The van der Waals surface area contributed by atoms with Crippen molar-refractivity contribution in [3.8, 4) is 0 Å². The SMILES string of the molecule is O=C(/C=C/c1ccco1)N1CCN(C(=O)[C@@H]2C[C@H]2c2cccs2)CC1. The molecule has 2 aromatic heterocycles. The smallest absolute Gasteiger partial charge is 0.246 e. The van der Waals surface area contributed by atoms with Gasteiger partial charge in [-0.1, -0.05) is 6.07 Å². The zero-order valence-corrected chi connectivity index (χ0v) is 14.7. The lowest BCUT2D eigenvalue weighted by molar-refractivity contribution is -0.138. The molecule has 3 heterocycles. The van der Waals surface area contributed by atoms with Gasteiger partial charge in [-0.15, -0.1) is 11.3 Å². The number of carbonyl (C=O) groups excluding carboxylic acids is 2. The van der Waals surface area contributed by atoms with Gasteiger partial charge in [-0.3, -0.25) is 9.59 Å². The van der Waals surface area contributed by atoms with E-state index in [0.717, 1.165) is 6.42 Å². The maximum absolute atomic E-state index is 12.6. The van der Waals surface area contributed by atoms with Crippen molar-refractivity contribution in [1.29, 1.82) is 0 Å². The maximum atomic E-state index is 12.6. The molecule has 25 heavy (non-hydrogen) atoms. The number of piperazine rings is 1. The molecule has 2 aliphatic rings. The summed E-state index contributed by atoms with van der Waals surface area (Å²) >= 11 is 1.73. The first-order valence-corrected chi connectivity index (χ1v) is 9.43. The number of rotatable bonds is 4. The van der Waals surface area contributed by atoms with Crippen molar-refractivity contribution >= 4 is 29.2 Å². The summed E-state index contributed by atoms with van der Waals surface area (Å²) in [5.74, 6) is 1.42. The molecule has 1 aliphatic carbocycles. The van der Waals surface area contributed by atoms with Crippen LogP contribution in [0.4, 0.5) is 0 Å². The van der Waals surface area contributed by atoms with Crippen LogP contribution in [0.3, 0.4) is 0 Å². The molecule has 2 amide bonds. The third-order valence-electron chi connectivity index (χ3n) is 4.85. The van der Waals surface area contributed by atoms with E-state index >= 15 is 0 Å². The van der Waals surface area contributed by atoms with Gasteiger partial charge >= 0.3 is 0 Å². The quantitative estimate of drug-likeness (QED) is 0.792. The van der Waals surface area contributed by atoms with E-state index in [9.17, 15) is 9.59 Å². The van der Waals surface area contributed by atoms with Crippen molar-refractivity contribution in [3.63, 3.8) is 0 Å². The minimum absolute atomic E-state index is 0.0358. The summed E-state index contributed by atoms with van der Waals surface area (Å²) in [6, 6.07) is 7.75. The van der Waals surface area contributed by atoms with Gasteiger partial charge in [-0.2, -0.15) is 0 Å². The molecule has 2 aromatic rings. The number of thiophene rings is 1. The van der Waals surface area contributed by atoms with Crippen LogP contribution < -0.4 is 0 Å². The minimum Gasteiger partial charge on any atom is -0.465 e. The average Bonchev–Trinajstić information content (AvgIpc) is 3.06. The molecule has 1 saturated heterocycles. The first-order chi connectivity index (χ1) is 12.2. The molecule has 0 spiro atoms. The topological polar surface area (TPSA) is 53.8 Å². The molecule has 1 saturated carbocycles. The van der Waals surface area contributed by atoms with Gasteiger partial charge in [0.2, 0.25) is 11.8 Å². The lowest BCUT2D eigenvalue weighted by Crippen LogP contribution is -2.50. The summed E-state index contributed by atoms with van der Waals surface area (Å²) in [5, 5.41) is 2.07. The maximum Gasteiger partial charge on any atom is 0.246 e. The monoisotopic (exact) mass is 356 g/mol. The molecule has 1 aliphatic heterocycles. The highest BCUT2D eigenvalue weighted by Crippen LogP contribution is 2.50. The van der Waals surface area contributed by atoms with E-state index in [0.29, 0.717) is 37.9 Å². The van der Waals surface area contributed by atoms with Crippen molar-refractivity contribution in [1.82, 2.24) is 9.80 Å². The van der Waals surface area contributed by atoms with E-state index < -0.39 is 0 Å². The summed E-state index contributed by atoms with van der Waals surface area (Å²) < 4.78 is 5.18. The van der Waals surface area contributed by atoms with Gasteiger partial charge in [0.05, 0.1) is 6.26 Å². The number of hydrogen-bond acceptors (Lipinski definition) is 4. The Kier molecular flexibility index (Phi) is 4.44. The molecule has 5 nitrogen and oxygen atoms in total. The van der Waals surface area contributed by atoms with E-state index in [4.69, 9.17) is 4.42 Å². The van der Waals surface area contributed by atoms with Gasteiger partial charge in [0.15, 0.2) is 0 Å². The zero-order valence-electron chi connectivity index (χ0n) is 13.8. The highest BCUT2D eigenvalue weighted by atomic mass is 32.1. The fraction of sp³-hybridized carbons (Fsp3) is 0.368. The minimum atomic E-state index is -0.0358. The Morgan fingerprint density at radius 3 is 2.60 bits per heavy atom. The van der Waals surface area contributed by atoms with E-state index in [1.807, 2.05) is 11.0 Å². The second kappa shape index (κ2) is 6.88. The van der Waals surface area contributed by atoms with Gasteiger partial charge in [0.25, 0.3) is 0 Å². The van der Waals surface area contributed by atoms with Crippen LogP contribution in [-0.2, 0) is 9.59 Å². The molecule has 4 rings (SSSR count). The lowest BCUT2D eigenvalue weighted by atomic mass is 10.2. The fourth-order valence-electron chi connectivity index (χ4n) is 3.31. The van der Waals surface area contributed by atoms with E-state index in [2.05, 4.69) is 11.4 Å². The van der Waals surface area contributed by atoms with Crippen molar-refractivity contribution in [2.24, 2.45) is 5.92 Å². The number of hydrogen-bond donors (Lipinski definition) is 0. The van der Waals surface area contributed by atoms with E-state index in [1.165, 1.54) is 11.0 Å². The summed E-state index contributed by atoms with van der Waals surface area (Å²) in [5.41, 5.74) is 0. The Morgan fingerprint density at radius 1 is 1.12 bits per heavy atom. The summed E-state index contributed by atoms with van der Waals surface area (Å²) in [4.78, 5) is 29.9. The van der Waals surface area contributed by atoms with E-state index in [-0.39, 0.29) is 17.7 Å². The summed E-state index contributed by atoms with van der Waals surface area (Å²) in [6.45, 7) is 2.41. The van der Waals surface area contributed by atoms with Crippen LogP contribution in [-0.4, -0.2) is 47.8 Å². The highest BCUT2D eigenvalue weighted by Gasteiger charge is 2.46. The predicted octanol–water partition coefficient (Wildman–Crippen LogP) is 2.83. The third kappa shape index (κ3) is 3.54. The molecule has 0 bridgehead atoms. The lowest BCUT2D eigenvalue weighted by Gasteiger charge is -2.34. The van der Waals surface area contributed by atoms with Crippen molar-refractivity contribution in [2.75, 3.05) is 26.2 Å². The Labute approximate surface area is 150 Å². The molecule has 6 heteroatoms. The molecular formula is C19H20N2O3S. The van der Waals surface area contributed by atoms with Crippen LogP contribution >= 0.6 is 11.3 Å². The molecule has 0 aromatic carbocycles. The Hall–Kier alpha value is -2.34. The van der Waals surface area contributed by atoms with Crippen LogP contribution in [0.2, 0.25) is 0 Å². The fourth-order valence-corrected chi connectivity index (χ4v) is 4.22. The van der Waals surface area contributed by atoms with Gasteiger partial charge < -0.3 is 14.2 Å². The van der Waals surface area contributed by atoms with Gasteiger partial charge in [0, 0.05) is 49.0 Å². The number of carbonyl (C=O) groups is 2. The van der Waals surface area contributed by atoms with Crippen LogP contribution in [0, 0.1) is 5.92 Å². The van der Waals surface area contributed by atoms with Crippen LogP contribution in [0.25, 0.3) is 6.08 Å². The average molecular weight is 356 g/mol. The third-order valence-corrected chi connectivity index (χ3v) is 5.86. The molecule has 2 fully saturated rings. The van der Waals surface area contributed by atoms with Gasteiger partial charge in [0.1, 0.15) is 5.76 Å². The van der Waals surface area contributed by atoms with Gasteiger partial charge in [-0.05, 0) is 36.1 Å². The number of furan rings is 1.